The summed E-state index contributed by atoms with van der Waals surface area (Å²) in [5.74, 6) is -0.386. The van der Waals surface area contributed by atoms with Crippen LogP contribution in [0.2, 0.25) is 0 Å². The van der Waals surface area contributed by atoms with Gasteiger partial charge < -0.3 is 14.4 Å². The number of furan rings is 1. The highest BCUT2D eigenvalue weighted by Gasteiger charge is 2.50. The van der Waals surface area contributed by atoms with Crippen LogP contribution >= 0.6 is 0 Å². The standard InChI is InChI=1S/C20H20N2O4/c1-13-12-26-14(2)18(13)17(23)11-20(25)15-7-3-4-8-16(15)22(19(20)24)10-6-5-9-21/h3-4,7-8,12,25H,5-6,10-11H2,1-2H3. The van der Waals surface area contributed by atoms with Crippen LogP contribution in [0.1, 0.15) is 46.5 Å². The molecule has 0 spiro atoms. The summed E-state index contributed by atoms with van der Waals surface area (Å²) in [6, 6.07) is 8.97. The molecule has 2 aromatic rings. The van der Waals surface area contributed by atoms with E-state index in [-0.39, 0.29) is 12.2 Å². The van der Waals surface area contributed by atoms with Crippen molar-refractivity contribution in [2.75, 3.05) is 11.4 Å². The fraction of sp³-hybridized carbons (Fsp3) is 0.350. The third-order valence-electron chi connectivity index (χ3n) is 4.76. The molecule has 0 radical (unpaired) electrons. The molecule has 2 heterocycles. The molecule has 134 valence electrons. The van der Waals surface area contributed by atoms with Gasteiger partial charge in [0.15, 0.2) is 11.4 Å². The Morgan fingerprint density at radius 3 is 2.73 bits per heavy atom. The Bertz CT molecular complexity index is 889. The highest BCUT2D eigenvalue weighted by atomic mass is 16.3. The van der Waals surface area contributed by atoms with Crippen LogP contribution in [0.5, 0.6) is 0 Å². The third kappa shape index (κ3) is 2.80. The Morgan fingerprint density at radius 2 is 2.08 bits per heavy atom. The number of fused-ring (bicyclic) bond motifs is 1. The number of rotatable bonds is 6. The zero-order valence-electron chi connectivity index (χ0n) is 14.8. The minimum absolute atomic E-state index is 0.316. The molecule has 26 heavy (non-hydrogen) atoms. The van der Waals surface area contributed by atoms with E-state index >= 15 is 0 Å². The molecule has 1 aliphatic heterocycles. The lowest BCUT2D eigenvalue weighted by atomic mass is 9.87. The zero-order valence-corrected chi connectivity index (χ0v) is 14.8. The molecule has 1 atom stereocenters. The number of para-hydroxylation sites is 1. The molecule has 1 aliphatic rings. The molecule has 0 saturated heterocycles. The number of ketones is 1. The number of Topliss-reactive ketones (excluding diaryl/α,β-unsaturated/α-hetero) is 1. The van der Waals surface area contributed by atoms with Crippen LogP contribution in [-0.2, 0) is 10.4 Å². The van der Waals surface area contributed by atoms with Crippen LogP contribution in [0.3, 0.4) is 0 Å². The molecule has 0 saturated carbocycles. The second-order valence-corrected chi connectivity index (χ2v) is 6.55. The molecule has 1 N–H and O–H groups in total. The highest BCUT2D eigenvalue weighted by molar-refractivity contribution is 6.11. The Labute approximate surface area is 151 Å². The molecule has 6 heteroatoms. The lowest BCUT2D eigenvalue weighted by molar-refractivity contribution is -0.135. The maximum absolute atomic E-state index is 13.0. The van der Waals surface area contributed by atoms with E-state index in [1.165, 1.54) is 11.2 Å². The minimum atomic E-state index is -1.91. The molecule has 3 rings (SSSR count). The molecule has 1 unspecified atom stereocenters. The minimum Gasteiger partial charge on any atom is -0.469 e. The molecule has 0 fully saturated rings. The number of unbranched alkanes of at least 4 members (excludes halogenated alkanes) is 1. The molecule has 1 aromatic heterocycles. The Balaban J connectivity index is 1.94. The van der Waals surface area contributed by atoms with Crippen molar-refractivity contribution < 1.29 is 19.1 Å². The van der Waals surface area contributed by atoms with Crippen LogP contribution in [0, 0.1) is 25.2 Å². The summed E-state index contributed by atoms with van der Waals surface area (Å²) in [4.78, 5) is 27.2. The summed E-state index contributed by atoms with van der Waals surface area (Å²) in [6.07, 6.45) is 1.96. The summed E-state index contributed by atoms with van der Waals surface area (Å²) >= 11 is 0. The number of nitriles is 1. The van der Waals surface area contributed by atoms with Crippen LogP contribution in [-0.4, -0.2) is 23.3 Å². The van der Waals surface area contributed by atoms with Crippen molar-refractivity contribution in [1.82, 2.24) is 0 Å². The molecule has 1 amide bonds. The monoisotopic (exact) mass is 352 g/mol. The summed E-state index contributed by atoms with van der Waals surface area (Å²) in [6.45, 7) is 3.76. The number of anilines is 1. The number of carbonyl (C=O) groups excluding carboxylic acids is 2. The largest absolute Gasteiger partial charge is 0.469 e. The lowest BCUT2D eigenvalue weighted by Crippen LogP contribution is -2.42. The number of amides is 1. The average Bonchev–Trinajstić information content (AvgIpc) is 3.05. The van der Waals surface area contributed by atoms with Gasteiger partial charge in [0.2, 0.25) is 0 Å². The van der Waals surface area contributed by atoms with Crippen molar-refractivity contribution in [3.05, 3.63) is 53.0 Å². The van der Waals surface area contributed by atoms with Gasteiger partial charge in [0.05, 0.1) is 30.0 Å². The number of carbonyl (C=O) groups is 2. The maximum atomic E-state index is 13.0. The SMILES string of the molecule is Cc1coc(C)c1C(=O)CC1(O)C(=O)N(CCCC#N)c2ccccc21. The molecule has 0 aliphatic carbocycles. The summed E-state index contributed by atoms with van der Waals surface area (Å²) in [7, 11) is 0. The first-order valence-corrected chi connectivity index (χ1v) is 8.49. The predicted octanol–water partition coefficient (Wildman–Crippen LogP) is 3.01. The van der Waals surface area contributed by atoms with Gasteiger partial charge in [-0.3, -0.25) is 9.59 Å². The number of hydrogen-bond acceptors (Lipinski definition) is 5. The van der Waals surface area contributed by atoms with Crippen LogP contribution in [0.4, 0.5) is 5.69 Å². The first kappa shape index (κ1) is 17.9. The van der Waals surface area contributed by atoms with Crippen LogP contribution < -0.4 is 4.90 Å². The number of hydrogen-bond donors (Lipinski definition) is 1. The number of aliphatic hydroxyl groups is 1. The van der Waals surface area contributed by atoms with E-state index in [9.17, 15) is 14.7 Å². The van der Waals surface area contributed by atoms with Crippen molar-refractivity contribution in [2.24, 2.45) is 0 Å². The van der Waals surface area contributed by atoms with Crippen molar-refractivity contribution >= 4 is 17.4 Å². The number of benzene rings is 1. The van der Waals surface area contributed by atoms with Crippen molar-refractivity contribution in [3.63, 3.8) is 0 Å². The molecule has 0 bridgehead atoms. The van der Waals surface area contributed by atoms with Gasteiger partial charge in [0.25, 0.3) is 5.91 Å². The Kier molecular flexibility index (Phi) is 4.66. The number of aryl methyl sites for hydroxylation is 2. The quantitative estimate of drug-likeness (QED) is 0.637. The van der Waals surface area contributed by atoms with Gasteiger partial charge in [0, 0.05) is 18.5 Å². The van der Waals surface area contributed by atoms with Crippen molar-refractivity contribution in [2.45, 2.75) is 38.7 Å². The van der Waals surface area contributed by atoms with E-state index < -0.39 is 11.5 Å². The van der Waals surface area contributed by atoms with Crippen LogP contribution in [0.25, 0.3) is 0 Å². The van der Waals surface area contributed by atoms with Crippen molar-refractivity contribution in [1.29, 1.82) is 5.26 Å². The fourth-order valence-corrected chi connectivity index (χ4v) is 3.52. The van der Waals surface area contributed by atoms with Crippen LogP contribution in [0.15, 0.2) is 34.9 Å². The van der Waals surface area contributed by atoms with E-state index in [2.05, 4.69) is 0 Å². The third-order valence-corrected chi connectivity index (χ3v) is 4.76. The van der Waals surface area contributed by atoms with E-state index in [0.29, 0.717) is 47.5 Å². The fourth-order valence-electron chi connectivity index (χ4n) is 3.52. The summed E-state index contributed by atoms with van der Waals surface area (Å²) < 4.78 is 5.27. The Morgan fingerprint density at radius 1 is 1.35 bits per heavy atom. The normalized spacial score (nSPS) is 18.7. The molecular weight excluding hydrogens is 332 g/mol. The van der Waals surface area contributed by atoms with Gasteiger partial charge in [-0.2, -0.15) is 5.26 Å². The molecule has 6 nitrogen and oxygen atoms in total. The van der Waals surface area contributed by atoms with Gasteiger partial charge in [-0.05, 0) is 31.9 Å². The van der Waals surface area contributed by atoms with Gasteiger partial charge in [-0.1, -0.05) is 18.2 Å². The maximum Gasteiger partial charge on any atom is 0.264 e. The molecular formula is C20H20N2O4. The predicted molar refractivity (Wildman–Crippen MR) is 94.7 cm³/mol. The topological polar surface area (TPSA) is 94.5 Å². The van der Waals surface area contributed by atoms with E-state index in [4.69, 9.17) is 9.68 Å². The van der Waals surface area contributed by atoms with E-state index in [1.807, 2.05) is 6.07 Å². The second-order valence-electron chi connectivity index (χ2n) is 6.55. The Hall–Kier alpha value is -2.91. The van der Waals surface area contributed by atoms with Crippen molar-refractivity contribution in [3.8, 4) is 6.07 Å². The van der Waals surface area contributed by atoms with Gasteiger partial charge >= 0.3 is 0 Å². The smallest absolute Gasteiger partial charge is 0.264 e. The van der Waals surface area contributed by atoms with Gasteiger partial charge in [0.1, 0.15) is 5.76 Å². The summed E-state index contributed by atoms with van der Waals surface area (Å²) in [5.41, 5.74) is 0.198. The lowest BCUT2D eigenvalue weighted by Gasteiger charge is -2.22. The average molecular weight is 352 g/mol. The number of nitrogens with zero attached hydrogens (tertiary/aromatic N) is 2. The van der Waals surface area contributed by atoms with Gasteiger partial charge in [-0.25, -0.2) is 0 Å². The first-order chi connectivity index (χ1) is 12.4. The molecule has 1 aromatic carbocycles. The zero-order chi connectivity index (χ0) is 18.9. The first-order valence-electron chi connectivity index (χ1n) is 8.49. The highest BCUT2D eigenvalue weighted by Crippen LogP contribution is 2.43. The van der Waals surface area contributed by atoms with E-state index in [1.54, 1.807) is 38.1 Å². The summed E-state index contributed by atoms with van der Waals surface area (Å²) in [5, 5.41) is 19.9. The second kappa shape index (κ2) is 6.77. The van der Waals surface area contributed by atoms with E-state index in [0.717, 1.165) is 0 Å². The van der Waals surface area contributed by atoms with Gasteiger partial charge in [-0.15, -0.1) is 0 Å².